The van der Waals surface area contributed by atoms with Crippen molar-refractivity contribution < 1.29 is 0 Å². The summed E-state index contributed by atoms with van der Waals surface area (Å²) < 4.78 is 1.09. The van der Waals surface area contributed by atoms with Gasteiger partial charge in [-0.05, 0) is 36.6 Å². The molecule has 0 atom stereocenters. The normalized spacial score (nSPS) is 17.6. The molecule has 154 valence electrons. The third-order valence-electron chi connectivity index (χ3n) is 6.37. The molecule has 3 heterocycles. The molecule has 5 rings (SSSR count). The van der Waals surface area contributed by atoms with E-state index in [1.165, 1.54) is 48.9 Å². The summed E-state index contributed by atoms with van der Waals surface area (Å²) in [4.78, 5) is 16.9. The second-order valence-electron chi connectivity index (χ2n) is 8.55. The van der Waals surface area contributed by atoms with Crippen LogP contribution >= 0.6 is 15.9 Å². The van der Waals surface area contributed by atoms with Crippen LogP contribution in [0.2, 0.25) is 0 Å². The molecule has 0 bridgehead atoms. The van der Waals surface area contributed by atoms with Crippen LogP contribution in [0, 0.1) is 0 Å². The second kappa shape index (κ2) is 8.94. The lowest BCUT2D eigenvalue weighted by Crippen LogP contribution is -2.31. The first-order valence-corrected chi connectivity index (χ1v) is 11.8. The smallest absolute Gasteiger partial charge is 0.131 e. The minimum atomic E-state index is 0.581. The molecule has 0 radical (unpaired) electrons. The molecule has 3 aromatic rings. The van der Waals surface area contributed by atoms with Gasteiger partial charge in [0.2, 0.25) is 0 Å². The lowest BCUT2D eigenvalue weighted by Gasteiger charge is -2.29. The lowest BCUT2D eigenvalue weighted by molar-refractivity contribution is 0.242. The topological polar surface area (TPSA) is 41.9 Å². The molecular weight excluding hydrogens is 436 g/mol. The highest BCUT2D eigenvalue weighted by Crippen LogP contribution is 2.31. The van der Waals surface area contributed by atoms with Gasteiger partial charge < -0.3 is 0 Å². The van der Waals surface area contributed by atoms with Gasteiger partial charge in [0.05, 0.1) is 5.69 Å². The Kier molecular flexibility index (Phi) is 5.91. The number of aromatic nitrogens is 3. The fourth-order valence-corrected chi connectivity index (χ4v) is 4.91. The number of rotatable bonds is 4. The molecule has 2 aliphatic rings. The third kappa shape index (κ3) is 4.47. The van der Waals surface area contributed by atoms with E-state index in [-0.39, 0.29) is 0 Å². The molecule has 0 amide bonds. The molecule has 1 saturated carbocycles. The van der Waals surface area contributed by atoms with Crippen LogP contribution in [0.15, 0.2) is 53.3 Å². The van der Waals surface area contributed by atoms with Gasteiger partial charge in [0.1, 0.15) is 5.82 Å². The van der Waals surface area contributed by atoms with E-state index in [4.69, 9.17) is 9.97 Å². The molecule has 1 aliphatic carbocycles. The molecule has 1 fully saturated rings. The van der Waals surface area contributed by atoms with E-state index in [9.17, 15) is 0 Å². The molecule has 0 unspecified atom stereocenters. The molecular formula is C25H27BrN4. The third-order valence-corrected chi connectivity index (χ3v) is 6.90. The molecule has 30 heavy (non-hydrogen) atoms. The molecule has 0 spiro atoms. The predicted octanol–water partition coefficient (Wildman–Crippen LogP) is 5.91. The van der Waals surface area contributed by atoms with Crippen LogP contribution in [0.5, 0.6) is 0 Å². The van der Waals surface area contributed by atoms with Crippen molar-refractivity contribution in [2.24, 2.45) is 0 Å². The lowest BCUT2D eigenvalue weighted by atomic mass is 9.88. The van der Waals surface area contributed by atoms with Gasteiger partial charge in [-0.3, -0.25) is 9.88 Å². The first-order chi connectivity index (χ1) is 14.7. The van der Waals surface area contributed by atoms with Crippen molar-refractivity contribution in [1.29, 1.82) is 0 Å². The highest BCUT2D eigenvalue weighted by molar-refractivity contribution is 9.10. The number of halogens is 1. The van der Waals surface area contributed by atoms with Gasteiger partial charge in [0, 0.05) is 65.7 Å². The van der Waals surface area contributed by atoms with Crippen LogP contribution < -0.4 is 0 Å². The number of benzene rings is 1. The van der Waals surface area contributed by atoms with Gasteiger partial charge in [0.15, 0.2) is 0 Å². The van der Waals surface area contributed by atoms with E-state index in [0.717, 1.165) is 47.6 Å². The average Bonchev–Trinajstić information content (AvgIpc) is 2.80. The molecule has 1 aromatic carbocycles. The van der Waals surface area contributed by atoms with Crippen LogP contribution in [0.4, 0.5) is 0 Å². The fraction of sp³-hybridized carbons (Fsp3) is 0.400. The maximum atomic E-state index is 4.98. The maximum Gasteiger partial charge on any atom is 0.131 e. The van der Waals surface area contributed by atoms with Crippen LogP contribution in [0.1, 0.15) is 60.7 Å². The predicted molar refractivity (Wildman–Crippen MR) is 123 cm³/mol. The molecule has 0 N–H and O–H groups in total. The highest BCUT2D eigenvalue weighted by Gasteiger charge is 2.22. The van der Waals surface area contributed by atoms with Crippen LogP contribution in [-0.2, 0) is 19.5 Å². The minimum absolute atomic E-state index is 0.581. The van der Waals surface area contributed by atoms with E-state index in [2.05, 4.69) is 68.4 Å². The second-order valence-corrected chi connectivity index (χ2v) is 9.47. The summed E-state index contributed by atoms with van der Waals surface area (Å²) in [6, 6.07) is 12.6. The van der Waals surface area contributed by atoms with Gasteiger partial charge in [0.25, 0.3) is 0 Å². The summed E-state index contributed by atoms with van der Waals surface area (Å²) in [5.41, 5.74) is 5.96. The molecule has 0 saturated heterocycles. The Balaban J connectivity index is 1.23. The standard InChI is InChI=1S/C25H27BrN4/c26-22-9-7-19(8-10-22)23-11-6-18(14-27-23)16-30-13-12-24-21(17-30)15-28-25(29-24)20-4-2-1-3-5-20/h6-11,14-15,20H,1-5,12-13,16-17H2. The Hall–Kier alpha value is -2.11. The first kappa shape index (κ1) is 19.8. The van der Waals surface area contributed by atoms with Crippen molar-refractivity contribution >= 4 is 15.9 Å². The zero-order valence-corrected chi connectivity index (χ0v) is 18.8. The van der Waals surface area contributed by atoms with Crippen molar-refractivity contribution in [3.8, 4) is 11.3 Å². The summed E-state index contributed by atoms with van der Waals surface area (Å²) >= 11 is 3.49. The van der Waals surface area contributed by atoms with Crippen LogP contribution in [0.3, 0.4) is 0 Å². The Labute approximate surface area is 186 Å². The van der Waals surface area contributed by atoms with Crippen molar-refractivity contribution in [2.75, 3.05) is 6.54 Å². The quantitative estimate of drug-likeness (QED) is 0.483. The largest absolute Gasteiger partial charge is 0.294 e. The summed E-state index contributed by atoms with van der Waals surface area (Å²) in [5.74, 6) is 1.67. The van der Waals surface area contributed by atoms with Crippen LogP contribution in [0.25, 0.3) is 11.3 Å². The minimum Gasteiger partial charge on any atom is -0.294 e. The number of hydrogen-bond donors (Lipinski definition) is 0. The Bertz CT molecular complexity index is 995. The van der Waals surface area contributed by atoms with Crippen molar-refractivity contribution in [3.63, 3.8) is 0 Å². The highest BCUT2D eigenvalue weighted by atomic mass is 79.9. The first-order valence-electron chi connectivity index (χ1n) is 11.0. The Morgan fingerprint density at radius 2 is 1.77 bits per heavy atom. The molecule has 2 aromatic heterocycles. The van der Waals surface area contributed by atoms with Gasteiger partial charge in [-0.1, -0.05) is 53.4 Å². The van der Waals surface area contributed by atoms with Gasteiger partial charge in [-0.15, -0.1) is 0 Å². The van der Waals surface area contributed by atoms with E-state index in [1.54, 1.807) is 0 Å². The summed E-state index contributed by atoms with van der Waals surface area (Å²) in [6.07, 6.45) is 11.7. The monoisotopic (exact) mass is 462 g/mol. The van der Waals surface area contributed by atoms with E-state index < -0.39 is 0 Å². The number of fused-ring (bicyclic) bond motifs is 1. The number of hydrogen-bond acceptors (Lipinski definition) is 4. The zero-order valence-electron chi connectivity index (χ0n) is 17.2. The van der Waals surface area contributed by atoms with Crippen molar-refractivity contribution in [3.05, 3.63) is 75.9 Å². The van der Waals surface area contributed by atoms with E-state index >= 15 is 0 Å². The van der Waals surface area contributed by atoms with E-state index in [0.29, 0.717) is 5.92 Å². The average molecular weight is 463 g/mol. The van der Waals surface area contributed by atoms with Crippen molar-refractivity contribution in [1.82, 2.24) is 19.9 Å². The van der Waals surface area contributed by atoms with Gasteiger partial charge >= 0.3 is 0 Å². The van der Waals surface area contributed by atoms with Crippen molar-refractivity contribution in [2.45, 2.75) is 57.5 Å². The van der Waals surface area contributed by atoms with Gasteiger partial charge in [-0.25, -0.2) is 9.97 Å². The van der Waals surface area contributed by atoms with Gasteiger partial charge in [-0.2, -0.15) is 0 Å². The summed E-state index contributed by atoms with van der Waals surface area (Å²) in [6.45, 7) is 2.88. The fourth-order valence-electron chi connectivity index (χ4n) is 4.65. The summed E-state index contributed by atoms with van der Waals surface area (Å²) in [7, 11) is 0. The van der Waals surface area contributed by atoms with E-state index in [1.807, 2.05) is 6.20 Å². The molecule has 5 heteroatoms. The summed E-state index contributed by atoms with van der Waals surface area (Å²) in [5, 5.41) is 0. The number of nitrogens with zero attached hydrogens (tertiary/aromatic N) is 4. The maximum absolute atomic E-state index is 4.98. The Morgan fingerprint density at radius 3 is 2.53 bits per heavy atom. The SMILES string of the molecule is Brc1ccc(-c2ccc(CN3CCc4nc(C5CCCCC5)ncc4C3)cn2)cc1. The van der Waals surface area contributed by atoms with Crippen LogP contribution in [-0.4, -0.2) is 26.4 Å². The molecule has 4 nitrogen and oxygen atoms in total. The molecule has 1 aliphatic heterocycles. The Morgan fingerprint density at radius 1 is 0.933 bits per heavy atom. The zero-order chi connectivity index (χ0) is 20.3. The number of pyridine rings is 1.